The number of ether oxygens (including phenoxy) is 1. The summed E-state index contributed by atoms with van der Waals surface area (Å²) >= 11 is 6.09. The van der Waals surface area contributed by atoms with Crippen LogP contribution in [0.1, 0.15) is 21.9 Å². The Morgan fingerprint density at radius 2 is 1.97 bits per heavy atom. The first-order valence-corrected chi connectivity index (χ1v) is 9.70. The molecule has 0 atom stereocenters. The van der Waals surface area contributed by atoms with Crippen molar-refractivity contribution in [2.45, 2.75) is 13.5 Å². The number of nitrogens with one attached hydrogen (secondary N) is 1. The van der Waals surface area contributed by atoms with E-state index in [0.29, 0.717) is 28.8 Å². The van der Waals surface area contributed by atoms with E-state index < -0.39 is 0 Å². The molecule has 0 radical (unpaired) electrons. The second-order valence-electron chi connectivity index (χ2n) is 6.78. The lowest BCUT2D eigenvalue weighted by Crippen LogP contribution is -2.15. The van der Waals surface area contributed by atoms with Crippen molar-refractivity contribution < 1.29 is 9.53 Å². The molecule has 8 heteroatoms. The van der Waals surface area contributed by atoms with Crippen LogP contribution in [0.25, 0.3) is 5.69 Å². The largest absolute Gasteiger partial charge is 0.486 e. The summed E-state index contributed by atoms with van der Waals surface area (Å²) in [6.45, 7) is 2.22. The molecule has 4 aromatic rings. The molecule has 0 fully saturated rings. The van der Waals surface area contributed by atoms with E-state index in [2.05, 4.69) is 15.4 Å². The second-order valence-corrected chi connectivity index (χ2v) is 7.22. The number of rotatable bonds is 6. The summed E-state index contributed by atoms with van der Waals surface area (Å²) in [5.41, 5.74) is 2.06. The molecule has 0 bridgehead atoms. The highest BCUT2D eigenvalue weighted by molar-refractivity contribution is 6.30. The number of carbonyl (C=O) groups excluding carboxylic acids is 1. The number of nitrogens with zero attached hydrogens (tertiary/aromatic N) is 4. The van der Waals surface area contributed by atoms with Gasteiger partial charge in [-0.1, -0.05) is 17.7 Å². The summed E-state index contributed by atoms with van der Waals surface area (Å²) in [7, 11) is 1.91. The Labute approximate surface area is 178 Å². The van der Waals surface area contributed by atoms with Crippen LogP contribution in [0.4, 0.5) is 5.82 Å². The lowest BCUT2D eigenvalue weighted by atomic mass is 10.2. The number of aromatic nitrogens is 4. The van der Waals surface area contributed by atoms with Gasteiger partial charge in [0.25, 0.3) is 5.91 Å². The van der Waals surface area contributed by atoms with Crippen molar-refractivity contribution >= 4 is 23.3 Å². The highest BCUT2D eigenvalue weighted by Gasteiger charge is 2.13. The van der Waals surface area contributed by atoms with E-state index in [1.54, 1.807) is 47.3 Å². The van der Waals surface area contributed by atoms with Crippen molar-refractivity contribution in [1.29, 1.82) is 0 Å². The van der Waals surface area contributed by atoms with Crippen molar-refractivity contribution in [2.75, 3.05) is 5.32 Å². The summed E-state index contributed by atoms with van der Waals surface area (Å²) in [6.07, 6.45) is 3.59. The maximum atomic E-state index is 12.7. The maximum absolute atomic E-state index is 12.7. The number of anilines is 1. The van der Waals surface area contributed by atoms with Gasteiger partial charge in [-0.3, -0.25) is 4.79 Å². The minimum absolute atomic E-state index is 0.242. The highest BCUT2D eigenvalue weighted by atomic mass is 35.5. The molecule has 0 spiro atoms. The summed E-state index contributed by atoms with van der Waals surface area (Å²) < 4.78 is 9.29. The lowest BCUT2D eigenvalue weighted by Gasteiger charge is -2.10. The van der Waals surface area contributed by atoms with Crippen LogP contribution < -0.4 is 10.1 Å². The van der Waals surface area contributed by atoms with Crippen LogP contribution in [-0.2, 0) is 13.7 Å². The summed E-state index contributed by atoms with van der Waals surface area (Å²) in [5, 5.41) is 7.96. The quantitative estimate of drug-likeness (QED) is 0.500. The fourth-order valence-electron chi connectivity index (χ4n) is 2.97. The first-order valence-electron chi connectivity index (χ1n) is 9.32. The number of imidazole rings is 1. The Balaban J connectivity index is 1.46. The van der Waals surface area contributed by atoms with Gasteiger partial charge in [-0.15, -0.1) is 0 Å². The van der Waals surface area contributed by atoms with Crippen LogP contribution in [0, 0.1) is 6.92 Å². The average molecular weight is 422 g/mol. The van der Waals surface area contributed by atoms with Gasteiger partial charge in [0, 0.05) is 36.1 Å². The third-order valence-corrected chi connectivity index (χ3v) is 4.77. The molecule has 0 aliphatic carbocycles. The van der Waals surface area contributed by atoms with Gasteiger partial charge in [-0.2, -0.15) is 5.10 Å². The standard InChI is InChI=1S/C22H20ClN5O2/c1-15-12-20(28(26-15)18-5-3-4-17(23)13-18)25-22(29)16-6-8-19(9-7-16)30-14-21-24-10-11-27(21)2/h3-13H,14H2,1-2H3,(H,25,29). The van der Waals surface area contributed by atoms with Crippen molar-refractivity contribution in [2.24, 2.45) is 7.05 Å². The Hall–Kier alpha value is -3.58. The predicted octanol–water partition coefficient (Wildman–Crippen LogP) is 4.40. The summed E-state index contributed by atoms with van der Waals surface area (Å²) in [4.78, 5) is 17.0. The van der Waals surface area contributed by atoms with E-state index in [9.17, 15) is 4.79 Å². The molecule has 0 aliphatic heterocycles. The third kappa shape index (κ3) is 4.36. The number of benzene rings is 2. The first-order chi connectivity index (χ1) is 14.5. The van der Waals surface area contributed by atoms with Crippen molar-refractivity contribution in [3.63, 3.8) is 0 Å². The van der Waals surface area contributed by atoms with E-state index in [0.717, 1.165) is 17.2 Å². The van der Waals surface area contributed by atoms with Gasteiger partial charge >= 0.3 is 0 Å². The Morgan fingerprint density at radius 3 is 2.67 bits per heavy atom. The topological polar surface area (TPSA) is 74.0 Å². The predicted molar refractivity (Wildman–Crippen MR) is 115 cm³/mol. The monoisotopic (exact) mass is 421 g/mol. The van der Waals surface area contributed by atoms with E-state index in [-0.39, 0.29) is 5.91 Å². The first kappa shape index (κ1) is 19.7. The van der Waals surface area contributed by atoms with E-state index in [1.807, 2.05) is 42.9 Å². The van der Waals surface area contributed by atoms with Crippen LogP contribution in [0.15, 0.2) is 67.0 Å². The van der Waals surface area contributed by atoms with Gasteiger partial charge in [-0.05, 0) is 49.4 Å². The number of amides is 1. The van der Waals surface area contributed by atoms with E-state index >= 15 is 0 Å². The van der Waals surface area contributed by atoms with Crippen LogP contribution >= 0.6 is 11.6 Å². The maximum Gasteiger partial charge on any atom is 0.256 e. The Kier molecular flexibility index (Phi) is 5.54. The molecule has 0 saturated heterocycles. The van der Waals surface area contributed by atoms with Gasteiger partial charge in [-0.25, -0.2) is 9.67 Å². The second kappa shape index (κ2) is 8.42. The molecular formula is C22H20ClN5O2. The zero-order chi connectivity index (χ0) is 21.1. The molecule has 7 nitrogen and oxygen atoms in total. The number of carbonyl (C=O) groups is 1. The molecule has 1 amide bonds. The van der Waals surface area contributed by atoms with Gasteiger partial charge in [0.1, 0.15) is 24.0 Å². The van der Waals surface area contributed by atoms with E-state index in [4.69, 9.17) is 16.3 Å². The minimum Gasteiger partial charge on any atom is -0.486 e. The fourth-order valence-corrected chi connectivity index (χ4v) is 3.15. The number of halogens is 1. The normalized spacial score (nSPS) is 10.8. The number of aryl methyl sites for hydroxylation is 2. The molecule has 152 valence electrons. The molecule has 0 unspecified atom stereocenters. The molecule has 0 saturated carbocycles. The third-order valence-electron chi connectivity index (χ3n) is 4.53. The molecule has 2 aromatic carbocycles. The number of hydrogen-bond acceptors (Lipinski definition) is 4. The molecule has 2 heterocycles. The summed E-state index contributed by atoms with van der Waals surface area (Å²) in [5.74, 6) is 1.81. The van der Waals surface area contributed by atoms with E-state index in [1.165, 1.54) is 0 Å². The van der Waals surface area contributed by atoms with Crippen LogP contribution in [0.3, 0.4) is 0 Å². The lowest BCUT2D eigenvalue weighted by molar-refractivity contribution is 0.102. The van der Waals surface area contributed by atoms with Gasteiger partial charge in [0.15, 0.2) is 0 Å². The Morgan fingerprint density at radius 1 is 1.17 bits per heavy atom. The highest BCUT2D eigenvalue weighted by Crippen LogP contribution is 2.21. The smallest absolute Gasteiger partial charge is 0.256 e. The molecule has 4 rings (SSSR count). The molecular weight excluding hydrogens is 402 g/mol. The van der Waals surface area contributed by atoms with Gasteiger partial charge in [0.05, 0.1) is 11.4 Å². The van der Waals surface area contributed by atoms with Gasteiger partial charge < -0.3 is 14.6 Å². The minimum atomic E-state index is -0.242. The van der Waals surface area contributed by atoms with Gasteiger partial charge in [0.2, 0.25) is 0 Å². The SMILES string of the molecule is Cc1cc(NC(=O)c2ccc(OCc3nccn3C)cc2)n(-c2cccc(Cl)c2)n1. The summed E-state index contributed by atoms with van der Waals surface area (Å²) in [6, 6.07) is 16.1. The molecule has 30 heavy (non-hydrogen) atoms. The van der Waals surface area contributed by atoms with Crippen molar-refractivity contribution in [3.05, 3.63) is 89.1 Å². The molecule has 2 aromatic heterocycles. The Bertz CT molecular complexity index is 1180. The zero-order valence-electron chi connectivity index (χ0n) is 16.5. The van der Waals surface area contributed by atoms with Crippen LogP contribution in [0.5, 0.6) is 5.75 Å². The van der Waals surface area contributed by atoms with Crippen LogP contribution in [0.2, 0.25) is 5.02 Å². The number of hydrogen-bond donors (Lipinski definition) is 1. The zero-order valence-corrected chi connectivity index (χ0v) is 17.3. The molecule has 1 N–H and O–H groups in total. The molecule has 0 aliphatic rings. The fraction of sp³-hybridized carbons (Fsp3) is 0.136. The average Bonchev–Trinajstić information content (AvgIpc) is 3.31. The van der Waals surface area contributed by atoms with Crippen molar-refractivity contribution in [3.8, 4) is 11.4 Å². The van der Waals surface area contributed by atoms with Crippen molar-refractivity contribution in [1.82, 2.24) is 19.3 Å². The van der Waals surface area contributed by atoms with Crippen LogP contribution in [-0.4, -0.2) is 25.2 Å².